The number of aliphatic hydroxyl groups is 1. The summed E-state index contributed by atoms with van der Waals surface area (Å²) in [7, 11) is 0. The van der Waals surface area contributed by atoms with Gasteiger partial charge < -0.3 is 9.84 Å². The number of alkyl halides is 4. The van der Waals surface area contributed by atoms with Crippen LogP contribution in [0.1, 0.15) is 11.7 Å². The molecule has 1 aromatic rings. The zero-order valence-corrected chi connectivity index (χ0v) is 9.05. The predicted molar refractivity (Wildman–Crippen MR) is 51.9 cm³/mol. The molecule has 0 amide bonds. The normalized spacial score (nSPS) is 13.7. The maximum Gasteiger partial charge on any atom is 0.573 e. The van der Waals surface area contributed by atoms with Gasteiger partial charge in [0.25, 0.3) is 0 Å². The van der Waals surface area contributed by atoms with Crippen LogP contribution in [0.25, 0.3) is 0 Å². The van der Waals surface area contributed by atoms with Crippen LogP contribution in [0.5, 0.6) is 5.75 Å². The van der Waals surface area contributed by atoms with Gasteiger partial charge in [-0.2, -0.15) is 0 Å². The number of hydrogen-bond acceptors (Lipinski definition) is 2. The fourth-order valence-corrected chi connectivity index (χ4v) is 1.35. The van der Waals surface area contributed by atoms with Crippen molar-refractivity contribution in [3.8, 4) is 5.75 Å². The van der Waals surface area contributed by atoms with Crippen molar-refractivity contribution in [1.82, 2.24) is 0 Å². The van der Waals surface area contributed by atoms with Crippen molar-refractivity contribution < 1.29 is 23.0 Å². The van der Waals surface area contributed by atoms with E-state index >= 15 is 0 Å². The largest absolute Gasteiger partial charge is 0.573 e. The van der Waals surface area contributed by atoms with Crippen molar-refractivity contribution in [1.29, 1.82) is 0 Å². The molecule has 84 valence electrons. The summed E-state index contributed by atoms with van der Waals surface area (Å²) in [6, 6.07) is 5.09. The van der Waals surface area contributed by atoms with E-state index in [9.17, 15) is 18.3 Å². The minimum absolute atomic E-state index is 0.298. The van der Waals surface area contributed by atoms with E-state index in [4.69, 9.17) is 0 Å². The first-order chi connectivity index (χ1) is 6.92. The molecule has 0 aliphatic carbocycles. The van der Waals surface area contributed by atoms with Crippen LogP contribution in [-0.4, -0.2) is 16.8 Å². The highest BCUT2D eigenvalue weighted by Crippen LogP contribution is 2.24. The molecule has 2 nitrogen and oxygen atoms in total. The van der Waals surface area contributed by atoms with Gasteiger partial charge in [0, 0.05) is 5.33 Å². The quantitative estimate of drug-likeness (QED) is 0.865. The first-order valence-corrected chi connectivity index (χ1v) is 5.14. The van der Waals surface area contributed by atoms with Gasteiger partial charge in [-0.15, -0.1) is 13.2 Å². The molecule has 0 aliphatic rings. The molecular formula is C9H8BrF3O2. The van der Waals surface area contributed by atoms with Gasteiger partial charge in [-0.1, -0.05) is 28.1 Å². The Morgan fingerprint density at radius 1 is 1.27 bits per heavy atom. The SMILES string of the molecule is O[C@H](CBr)c1ccc(OC(F)(F)F)cc1. The number of rotatable bonds is 3. The second-order valence-electron chi connectivity index (χ2n) is 2.79. The monoisotopic (exact) mass is 284 g/mol. The third-order valence-corrected chi connectivity index (χ3v) is 2.26. The third kappa shape index (κ3) is 4.09. The van der Waals surface area contributed by atoms with Crippen LogP contribution in [0.15, 0.2) is 24.3 Å². The van der Waals surface area contributed by atoms with Gasteiger partial charge in [-0.25, -0.2) is 0 Å². The van der Waals surface area contributed by atoms with Crippen LogP contribution in [0.3, 0.4) is 0 Å². The van der Waals surface area contributed by atoms with Crippen LogP contribution in [0.2, 0.25) is 0 Å². The van der Waals surface area contributed by atoms with E-state index in [0.29, 0.717) is 10.9 Å². The molecule has 0 spiro atoms. The second kappa shape index (κ2) is 4.85. The highest BCUT2D eigenvalue weighted by Gasteiger charge is 2.30. The van der Waals surface area contributed by atoms with Crippen molar-refractivity contribution in [2.45, 2.75) is 12.5 Å². The first-order valence-electron chi connectivity index (χ1n) is 4.02. The fraction of sp³-hybridized carbons (Fsp3) is 0.333. The summed E-state index contributed by atoms with van der Waals surface area (Å²) in [4.78, 5) is 0. The van der Waals surface area contributed by atoms with Gasteiger partial charge in [0.1, 0.15) is 5.75 Å². The maximum atomic E-state index is 11.8. The van der Waals surface area contributed by atoms with Gasteiger partial charge in [0.05, 0.1) is 6.10 Å². The molecule has 0 heterocycles. The van der Waals surface area contributed by atoms with Crippen LogP contribution < -0.4 is 4.74 Å². The van der Waals surface area contributed by atoms with Crippen molar-refractivity contribution in [2.24, 2.45) is 0 Å². The van der Waals surface area contributed by atoms with Crippen molar-refractivity contribution in [3.63, 3.8) is 0 Å². The van der Waals surface area contributed by atoms with Gasteiger partial charge in [0.2, 0.25) is 0 Å². The van der Waals surface area contributed by atoms with Crippen LogP contribution in [0, 0.1) is 0 Å². The molecule has 0 saturated heterocycles. The summed E-state index contributed by atoms with van der Waals surface area (Å²) < 4.78 is 39.0. The molecule has 0 radical (unpaired) electrons. The molecule has 0 fully saturated rings. The minimum atomic E-state index is -4.68. The van der Waals surface area contributed by atoms with E-state index < -0.39 is 12.5 Å². The molecule has 0 unspecified atom stereocenters. The molecule has 1 aromatic carbocycles. The molecule has 0 bridgehead atoms. The molecular weight excluding hydrogens is 277 g/mol. The van der Waals surface area contributed by atoms with E-state index in [1.165, 1.54) is 12.1 Å². The van der Waals surface area contributed by atoms with Crippen LogP contribution >= 0.6 is 15.9 Å². The zero-order chi connectivity index (χ0) is 11.5. The average molecular weight is 285 g/mol. The Kier molecular flexibility index (Phi) is 3.98. The topological polar surface area (TPSA) is 29.5 Å². The number of aliphatic hydroxyl groups excluding tert-OH is 1. The summed E-state index contributed by atoms with van der Waals surface area (Å²) in [5.74, 6) is -0.298. The van der Waals surface area contributed by atoms with E-state index in [0.717, 1.165) is 12.1 Å². The smallest absolute Gasteiger partial charge is 0.406 e. The highest BCUT2D eigenvalue weighted by atomic mass is 79.9. The molecule has 15 heavy (non-hydrogen) atoms. The van der Waals surface area contributed by atoms with Gasteiger partial charge in [0.15, 0.2) is 0 Å². The molecule has 1 rings (SSSR count). The Morgan fingerprint density at radius 2 is 1.80 bits per heavy atom. The summed E-state index contributed by atoms with van der Waals surface area (Å²) in [5.41, 5.74) is 0.529. The predicted octanol–water partition coefficient (Wildman–Crippen LogP) is 3.01. The van der Waals surface area contributed by atoms with Crippen molar-refractivity contribution in [3.05, 3.63) is 29.8 Å². The third-order valence-electron chi connectivity index (χ3n) is 1.64. The van der Waals surface area contributed by atoms with Crippen molar-refractivity contribution >= 4 is 15.9 Å². The second-order valence-corrected chi connectivity index (χ2v) is 3.43. The molecule has 6 heteroatoms. The lowest BCUT2D eigenvalue weighted by Crippen LogP contribution is -2.17. The Bertz CT molecular complexity index is 310. The number of hydrogen-bond donors (Lipinski definition) is 1. The highest BCUT2D eigenvalue weighted by molar-refractivity contribution is 9.09. The first kappa shape index (κ1) is 12.3. The summed E-state index contributed by atoms with van der Waals surface area (Å²) in [6.45, 7) is 0. The maximum absolute atomic E-state index is 11.8. The van der Waals surface area contributed by atoms with Crippen LogP contribution in [-0.2, 0) is 0 Å². The Morgan fingerprint density at radius 3 is 2.20 bits per heavy atom. The lowest BCUT2D eigenvalue weighted by molar-refractivity contribution is -0.274. The number of ether oxygens (including phenoxy) is 1. The summed E-state index contributed by atoms with van der Waals surface area (Å²) in [6.07, 6.45) is -5.42. The van der Waals surface area contributed by atoms with Crippen molar-refractivity contribution in [2.75, 3.05) is 5.33 Å². The summed E-state index contributed by atoms with van der Waals surface area (Å²) >= 11 is 3.06. The zero-order valence-electron chi connectivity index (χ0n) is 7.46. The lowest BCUT2D eigenvalue weighted by Gasteiger charge is -2.10. The van der Waals surface area contributed by atoms with Gasteiger partial charge >= 0.3 is 6.36 Å². The molecule has 1 N–H and O–H groups in total. The fourth-order valence-electron chi connectivity index (χ4n) is 0.981. The van der Waals surface area contributed by atoms with Crippen LogP contribution in [0.4, 0.5) is 13.2 Å². The lowest BCUT2D eigenvalue weighted by atomic mass is 10.1. The van der Waals surface area contributed by atoms with E-state index in [-0.39, 0.29) is 5.75 Å². The Labute approximate surface area is 92.8 Å². The number of halogens is 4. The average Bonchev–Trinajstić information content (AvgIpc) is 2.15. The van der Waals surface area contributed by atoms with Gasteiger partial charge in [-0.3, -0.25) is 0 Å². The molecule has 0 aliphatic heterocycles. The number of benzene rings is 1. The van der Waals surface area contributed by atoms with E-state index in [1.807, 2.05) is 0 Å². The van der Waals surface area contributed by atoms with E-state index in [1.54, 1.807) is 0 Å². The Hall–Kier alpha value is -0.750. The van der Waals surface area contributed by atoms with E-state index in [2.05, 4.69) is 20.7 Å². The molecule has 0 aromatic heterocycles. The summed E-state index contributed by atoms with van der Waals surface area (Å²) in [5, 5.41) is 9.67. The molecule has 0 saturated carbocycles. The van der Waals surface area contributed by atoms with Gasteiger partial charge in [-0.05, 0) is 17.7 Å². The standard InChI is InChI=1S/C9H8BrF3O2/c10-5-8(14)6-1-3-7(4-2-6)15-9(11,12)13/h1-4,8,14H,5H2/t8-/m1/s1. The molecule has 1 atom stereocenters. The Balaban J connectivity index is 2.72. The minimum Gasteiger partial charge on any atom is -0.406 e.